The second-order valence-corrected chi connectivity index (χ2v) is 11.4. The predicted molar refractivity (Wildman–Crippen MR) is 150 cm³/mol. The van der Waals surface area contributed by atoms with Crippen LogP contribution in [0.3, 0.4) is 0 Å². The Kier molecular flexibility index (Phi) is 23.4. The lowest BCUT2D eigenvalue weighted by molar-refractivity contribution is -0.159. The molecule has 210 valence electrons. The van der Waals surface area contributed by atoms with Crippen molar-refractivity contribution in [3.8, 4) is 0 Å². The molecule has 0 amide bonds. The van der Waals surface area contributed by atoms with Crippen LogP contribution in [0.15, 0.2) is 0 Å². The zero-order valence-corrected chi connectivity index (χ0v) is 24.6. The first-order valence-corrected chi connectivity index (χ1v) is 15.3. The molecule has 1 unspecified atom stereocenters. The van der Waals surface area contributed by atoms with E-state index in [0.29, 0.717) is 0 Å². The van der Waals surface area contributed by atoms with Crippen LogP contribution in [0.2, 0.25) is 0 Å². The SMILES string of the molecule is CCCCCCCCOC(CCCCCCC(CC)OC(=O)C(C)(C)C)OCCCCCCCC. The summed E-state index contributed by atoms with van der Waals surface area (Å²) in [7, 11) is 0. The van der Waals surface area contributed by atoms with Gasteiger partial charge in [0.25, 0.3) is 0 Å². The third kappa shape index (κ3) is 22.3. The topological polar surface area (TPSA) is 44.8 Å². The van der Waals surface area contributed by atoms with Crippen molar-refractivity contribution >= 4 is 5.97 Å². The van der Waals surface area contributed by atoms with Crippen LogP contribution in [0.4, 0.5) is 0 Å². The minimum Gasteiger partial charge on any atom is -0.462 e. The van der Waals surface area contributed by atoms with E-state index in [4.69, 9.17) is 14.2 Å². The van der Waals surface area contributed by atoms with Crippen LogP contribution in [0, 0.1) is 5.41 Å². The largest absolute Gasteiger partial charge is 0.462 e. The molecule has 0 aliphatic rings. The van der Waals surface area contributed by atoms with E-state index in [0.717, 1.165) is 58.2 Å². The van der Waals surface area contributed by atoms with Gasteiger partial charge in [-0.2, -0.15) is 0 Å². The predicted octanol–water partition coefficient (Wildman–Crippen LogP) is 9.78. The van der Waals surface area contributed by atoms with E-state index in [-0.39, 0.29) is 18.4 Å². The molecule has 0 bridgehead atoms. The molecule has 0 aromatic heterocycles. The fourth-order valence-corrected chi connectivity index (χ4v) is 4.12. The smallest absolute Gasteiger partial charge is 0.311 e. The summed E-state index contributed by atoms with van der Waals surface area (Å²) in [5, 5.41) is 0. The molecule has 0 aliphatic heterocycles. The van der Waals surface area contributed by atoms with Gasteiger partial charge in [-0.3, -0.25) is 4.79 Å². The molecule has 0 heterocycles. The van der Waals surface area contributed by atoms with Crippen molar-refractivity contribution in [2.24, 2.45) is 5.41 Å². The Morgan fingerprint density at radius 2 is 1.03 bits per heavy atom. The Morgan fingerprint density at radius 1 is 0.600 bits per heavy atom. The highest BCUT2D eigenvalue weighted by molar-refractivity contribution is 5.75. The second kappa shape index (κ2) is 23.8. The summed E-state index contributed by atoms with van der Waals surface area (Å²) in [6, 6.07) is 0. The van der Waals surface area contributed by atoms with E-state index < -0.39 is 5.41 Å². The molecule has 35 heavy (non-hydrogen) atoms. The van der Waals surface area contributed by atoms with Crippen LogP contribution in [-0.2, 0) is 19.0 Å². The maximum atomic E-state index is 12.1. The van der Waals surface area contributed by atoms with Gasteiger partial charge in [-0.05, 0) is 65.7 Å². The quantitative estimate of drug-likeness (QED) is 0.0713. The molecule has 0 aromatic carbocycles. The van der Waals surface area contributed by atoms with E-state index >= 15 is 0 Å². The lowest BCUT2D eigenvalue weighted by Crippen LogP contribution is -2.28. The molecule has 4 nitrogen and oxygen atoms in total. The van der Waals surface area contributed by atoms with Gasteiger partial charge in [-0.1, -0.05) is 97.8 Å². The molecule has 0 saturated heterocycles. The first-order chi connectivity index (χ1) is 16.8. The van der Waals surface area contributed by atoms with Crippen molar-refractivity contribution in [2.45, 2.75) is 176 Å². The Hall–Kier alpha value is -0.610. The van der Waals surface area contributed by atoms with Crippen LogP contribution in [-0.4, -0.2) is 31.6 Å². The minimum absolute atomic E-state index is 0.0441. The molecule has 1 atom stereocenters. The molecular formula is C31H62O4. The summed E-state index contributed by atoms with van der Waals surface area (Å²) in [4.78, 5) is 12.1. The molecule has 4 heteroatoms. The van der Waals surface area contributed by atoms with Gasteiger partial charge in [0.2, 0.25) is 0 Å². The summed E-state index contributed by atoms with van der Waals surface area (Å²) in [6.07, 6.45) is 22.9. The summed E-state index contributed by atoms with van der Waals surface area (Å²) < 4.78 is 18.0. The maximum Gasteiger partial charge on any atom is 0.311 e. The van der Waals surface area contributed by atoms with Gasteiger partial charge in [-0.15, -0.1) is 0 Å². The van der Waals surface area contributed by atoms with Crippen LogP contribution >= 0.6 is 0 Å². The number of hydrogen-bond acceptors (Lipinski definition) is 4. The maximum absolute atomic E-state index is 12.1. The van der Waals surface area contributed by atoms with E-state index in [9.17, 15) is 4.79 Å². The van der Waals surface area contributed by atoms with Crippen LogP contribution < -0.4 is 0 Å². The van der Waals surface area contributed by atoms with Gasteiger partial charge >= 0.3 is 5.97 Å². The summed E-state index contributed by atoms with van der Waals surface area (Å²) in [5.74, 6) is -0.0859. The van der Waals surface area contributed by atoms with E-state index in [1.165, 1.54) is 77.0 Å². The fraction of sp³-hybridized carbons (Fsp3) is 0.968. The van der Waals surface area contributed by atoms with E-state index in [1.807, 2.05) is 20.8 Å². The highest BCUT2D eigenvalue weighted by Gasteiger charge is 2.25. The Morgan fingerprint density at radius 3 is 1.49 bits per heavy atom. The minimum atomic E-state index is -0.423. The van der Waals surface area contributed by atoms with Crippen molar-refractivity contribution in [1.29, 1.82) is 0 Å². The van der Waals surface area contributed by atoms with E-state index in [1.54, 1.807) is 0 Å². The number of unbranched alkanes of at least 4 members (excludes halogenated alkanes) is 13. The molecule has 0 saturated carbocycles. The lowest BCUT2D eigenvalue weighted by Gasteiger charge is -2.22. The number of carbonyl (C=O) groups excluding carboxylic acids is 1. The second-order valence-electron chi connectivity index (χ2n) is 11.4. The molecule has 0 N–H and O–H groups in total. The van der Waals surface area contributed by atoms with E-state index in [2.05, 4.69) is 20.8 Å². The lowest BCUT2D eigenvalue weighted by atomic mass is 9.97. The Labute approximate surface area is 219 Å². The monoisotopic (exact) mass is 498 g/mol. The highest BCUT2D eigenvalue weighted by atomic mass is 16.7. The Bertz CT molecular complexity index is 439. The molecule has 0 aliphatic carbocycles. The molecule has 0 spiro atoms. The molecule has 0 rings (SSSR count). The number of hydrogen-bond donors (Lipinski definition) is 0. The fourth-order valence-electron chi connectivity index (χ4n) is 4.12. The van der Waals surface area contributed by atoms with Crippen LogP contribution in [0.25, 0.3) is 0 Å². The third-order valence-electron chi connectivity index (χ3n) is 6.66. The summed E-state index contributed by atoms with van der Waals surface area (Å²) in [6.45, 7) is 14.0. The van der Waals surface area contributed by atoms with Gasteiger partial charge < -0.3 is 14.2 Å². The average Bonchev–Trinajstić information content (AvgIpc) is 2.82. The van der Waals surface area contributed by atoms with Crippen molar-refractivity contribution in [3.05, 3.63) is 0 Å². The molecule has 0 radical (unpaired) electrons. The zero-order valence-electron chi connectivity index (χ0n) is 24.6. The van der Waals surface area contributed by atoms with Crippen molar-refractivity contribution in [2.75, 3.05) is 13.2 Å². The molecule has 0 fully saturated rings. The summed E-state index contributed by atoms with van der Waals surface area (Å²) >= 11 is 0. The standard InChI is InChI=1S/C31H62O4/c1-7-10-12-14-18-22-26-33-29(34-27-23-19-15-13-11-8-2)25-21-17-16-20-24-28(9-3)35-30(32)31(4,5)6/h28-29H,7-27H2,1-6H3. The number of esters is 1. The Balaban J connectivity index is 4.13. The number of rotatable bonds is 25. The van der Waals surface area contributed by atoms with Gasteiger partial charge in [0, 0.05) is 13.2 Å². The molecule has 0 aromatic rings. The molecular weight excluding hydrogens is 436 g/mol. The third-order valence-corrected chi connectivity index (χ3v) is 6.66. The zero-order chi connectivity index (χ0) is 26.2. The highest BCUT2D eigenvalue weighted by Crippen LogP contribution is 2.20. The van der Waals surface area contributed by atoms with Crippen molar-refractivity contribution in [3.63, 3.8) is 0 Å². The summed E-state index contributed by atoms with van der Waals surface area (Å²) in [5.41, 5.74) is -0.423. The van der Waals surface area contributed by atoms with Crippen LogP contribution in [0.1, 0.15) is 164 Å². The number of carbonyl (C=O) groups is 1. The van der Waals surface area contributed by atoms with Crippen molar-refractivity contribution < 1.29 is 19.0 Å². The average molecular weight is 499 g/mol. The van der Waals surface area contributed by atoms with Gasteiger partial charge in [0.1, 0.15) is 6.10 Å². The number of ether oxygens (including phenoxy) is 3. The van der Waals surface area contributed by atoms with Crippen molar-refractivity contribution in [1.82, 2.24) is 0 Å². The normalized spacial score (nSPS) is 12.9. The van der Waals surface area contributed by atoms with Crippen LogP contribution in [0.5, 0.6) is 0 Å². The van der Waals surface area contributed by atoms with Gasteiger partial charge in [-0.25, -0.2) is 0 Å². The van der Waals surface area contributed by atoms with Gasteiger partial charge in [0.05, 0.1) is 5.41 Å². The first-order valence-electron chi connectivity index (χ1n) is 15.3. The first kappa shape index (κ1) is 34.4. The van der Waals surface area contributed by atoms with Gasteiger partial charge in [0.15, 0.2) is 6.29 Å².